The molecule has 0 N–H and O–H groups in total. The molecule has 0 bridgehead atoms. The van der Waals surface area contributed by atoms with Crippen LogP contribution in [-0.4, -0.2) is 6.29 Å². The maximum atomic E-state index is 10.8. The lowest BCUT2D eigenvalue weighted by Gasteiger charge is -2.08. The monoisotopic (exact) mass is 340 g/mol. The third kappa shape index (κ3) is 4.49. The van der Waals surface area contributed by atoms with Gasteiger partial charge >= 0.3 is 0 Å². The van der Waals surface area contributed by atoms with Gasteiger partial charge in [0.1, 0.15) is 6.29 Å². The van der Waals surface area contributed by atoms with Gasteiger partial charge in [0.2, 0.25) is 0 Å². The maximum Gasteiger partial charge on any atom is 0.150 e. The van der Waals surface area contributed by atoms with E-state index in [4.69, 9.17) is 0 Å². The molecule has 0 aliphatic carbocycles. The summed E-state index contributed by atoms with van der Waals surface area (Å²) in [5.41, 5.74) is 7.25. The van der Waals surface area contributed by atoms with E-state index in [1.807, 2.05) is 63.2 Å². The molecule has 1 nitrogen and oxygen atoms in total. The molecular formula is C25H24O. The number of hydrogen-bond acceptors (Lipinski definition) is 1. The van der Waals surface area contributed by atoms with Gasteiger partial charge in [-0.25, -0.2) is 0 Å². The molecule has 0 saturated carbocycles. The van der Waals surface area contributed by atoms with Gasteiger partial charge in [0, 0.05) is 16.7 Å². The number of aldehydes is 1. The molecule has 0 amide bonds. The van der Waals surface area contributed by atoms with Gasteiger partial charge in [0.05, 0.1) is 0 Å². The Morgan fingerprint density at radius 3 is 2.12 bits per heavy atom. The largest absolute Gasteiger partial charge is 0.298 e. The lowest BCUT2D eigenvalue weighted by Crippen LogP contribution is -1.89. The Bertz CT molecular complexity index is 941. The van der Waals surface area contributed by atoms with Crippen molar-refractivity contribution in [2.75, 3.05) is 0 Å². The molecule has 130 valence electrons. The van der Waals surface area contributed by atoms with E-state index in [0.29, 0.717) is 5.56 Å². The van der Waals surface area contributed by atoms with Crippen LogP contribution < -0.4 is 0 Å². The zero-order chi connectivity index (χ0) is 18.9. The Morgan fingerprint density at radius 2 is 1.46 bits per heavy atom. The smallest absolute Gasteiger partial charge is 0.150 e. The van der Waals surface area contributed by atoms with Gasteiger partial charge in [0.25, 0.3) is 0 Å². The van der Waals surface area contributed by atoms with Crippen molar-refractivity contribution < 1.29 is 4.79 Å². The zero-order valence-corrected chi connectivity index (χ0v) is 15.8. The van der Waals surface area contributed by atoms with E-state index in [9.17, 15) is 4.79 Å². The molecule has 1 heteroatoms. The minimum absolute atomic E-state index is 0.681. The molecule has 0 unspecified atom stereocenters. The summed E-state index contributed by atoms with van der Waals surface area (Å²) >= 11 is 0. The lowest BCUT2D eigenvalue weighted by molar-refractivity contribution is 0.112. The number of carbonyl (C=O) groups excluding carboxylic acids is 1. The first-order chi connectivity index (χ1) is 12.7. The molecule has 0 atom stereocenters. The van der Waals surface area contributed by atoms with E-state index < -0.39 is 0 Å². The van der Waals surface area contributed by atoms with E-state index in [1.165, 1.54) is 16.7 Å². The highest BCUT2D eigenvalue weighted by molar-refractivity contribution is 5.76. The van der Waals surface area contributed by atoms with Crippen LogP contribution in [0.1, 0.15) is 46.5 Å². The molecular weight excluding hydrogens is 316 g/mol. The number of aryl methyl sites for hydroxylation is 1. The summed E-state index contributed by atoms with van der Waals surface area (Å²) in [4.78, 5) is 10.8. The summed E-state index contributed by atoms with van der Waals surface area (Å²) in [6.07, 6.45) is 0.859. The number of benzene rings is 3. The van der Waals surface area contributed by atoms with Gasteiger partial charge in [-0.2, -0.15) is 0 Å². The molecule has 0 heterocycles. The van der Waals surface area contributed by atoms with Crippen molar-refractivity contribution in [2.45, 2.75) is 27.7 Å². The predicted octanol–water partition coefficient (Wildman–Crippen LogP) is 6.21. The van der Waals surface area contributed by atoms with Crippen LogP contribution in [0.25, 0.3) is 11.1 Å². The van der Waals surface area contributed by atoms with Crippen molar-refractivity contribution in [1.82, 2.24) is 0 Å². The Hall–Kier alpha value is -3.11. The average molecular weight is 340 g/mol. The molecule has 3 rings (SSSR count). The van der Waals surface area contributed by atoms with Gasteiger partial charge < -0.3 is 0 Å². The van der Waals surface area contributed by atoms with Crippen LogP contribution in [0.5, 0.6) is 0 Å². The molecule has 0 spiro atoms. The van der Waals surface area contributed by atoms with Crippen LogP contribution in [0.2, 0.25) is 0 Å². The summed E-state index contributed by atoms with van der Waals surface area (Å²) in [5.74, 6) is 6.51. The lowest BCUT2D eigenvalue weighted by atomic mass is 9.96. The van der Waals surface area contributed by atoms with E-state index >= 15 is 0 Å². The van der Waals surface area contributed by atoms with E-state index in [-0.39, 0.29) is 0 Å². The number of hydrogen-bond donors (Lipinski definition) is 0. The summed E-state index contributed by atoms with van der Waals surface area (Å²) in [6.45, 7) is 8.08. The van der Waals surface area contributed by atoms with Crippen molar-refractivity contribution in [3.63, 3.8) is 0 Å². The van der Waals surface area contributed by atoms with E-state index in [0.717, 1.165) is 23.0 Å². The summed E-state index contributed by atoms with van der Waals surface area (Å²) in [5, 5.41) is 0. The predicted molar refractivity (Wildman–Crippen MR) is 111 cm³/mol. The van der Waals surface area contributed by atoms with Gasteiger partial charge in [-0.15, -0.1) is 0 Å². The fraction of sp³-hybridized carbons (Fsp3) is 0.160. The van der Waals surface area contributed by atoms with Crippen molar-refractivity contribution in [1.29, 1.82) is 0 Å². The Morgan fingerprint density at radius 1 is 0.769 bits per heavy atom. The minimum Gasteiger partial charge on any atom is -0.298 e. The van der Waals surface area contributed by atoms with Crippen molar-refractivity contribution in [2.24, 2.45) is 0 Å². The molecule has 0 aliphatic heterocycles. The summed E-state index contributed by atoms with van der Waals surface area (Å²) in [6, 6.07) is 22.1. The topological polar surface area (TPSA) is 17.1 Å². The zero-order valence-electron chi connectivity index (χ0n) is 15.8. The molecule has 3 aromatic rings. The Labute approximate surface area is 156 Å². The van der Waals surface area contributed by atoms with Gasteiger partial charge in [-0.1, -0.05) is 74.2 Å². The highest BCUT2D eigenvalue weighted by atomic mass is 16.1. The second kappa shape index (κ2) is 9.39. The van der Waals surface area contributed by atoms with Gasteiger partial charge in [0.15, 0.2) is 0 Å². The second-order valence-corrected chi connectivity index (χ2v) is 5.79. The quantitative estimate of drug-likeness (QED) is 0.400. The van der Waals surface area contributed by atoms with Gasteiger partial charge in [-0.05, 0) is 54.3 Å². The highest BCUT2D eigenvalue weighted by Gasteiger charge is 2.04. The van der Waals surface area contributed by atoms with Crippen LogP contribution in [-0.2, 0) is 0 Å². The van der Waals surface area contributed by atoms with E-state index in [2.05, 4.69) is 37.0 Å². The van der Waals surface area contributed by atoms with Crippen LogP contribution in [0.4, 0.5) is 0 Å². The van der Waals surface area contributed by atoms with E-state index in [1.54, 1.807) is 6.07 Å². The Balaban J connectivity index is 0.00000117. The number of carbonyl (C=O) groups is 1. The third-order valence-corrected chi connectivity index (χ3v) is 4.14. The molecule has 3 aromatic carbocycles. The molecule has 26 heavy (non-hydrogen) atoms. The molecule has 0 aliphatic rings. The van der Waals surface area contributed by atoms with Gasteiger partial charge in [-0.3, -0.25) is 4.79 Å². The molecule has 0 fully saturated rings. The SMILES string of the molecule is CC.Cc1cc(C=O)ccc1C#Cc1cccc(-c2ccccc2)c1C. The highest BCUT2D eigenvalue weighted by Crippen LogP contribution is 2.25. The fourth-order valence-corrected chi connectivity index (χ4v) is 2.74. The first-order valence-corrected chi connectivity index (χ1v) is 8.92. The molecule has 0 radical (unpaired) electrons. The van der Waals surface area contributed by atoms with Crippen molar-refractivity contribution in [3.05, 3.63) is 94.5 Å². The van der Waals surface area contributed by atoms with Crippen LogP contribution >= 0.6 is 0 Å². The fourth-order valence-electron chi connectivity index (χ4n) is 2.74. The standard InChI is InChI=1S/C23H18O.C2H6/c1-17-15-19(16-24)11-12-20(17)13-14-21-9-6-10-23(18(21)2)22-7-4-3-5-8-22;1-2/h3-12,15-16H,1-2H3;1-2H3. The van der Waals surface area contributed by atoms with Crippen LogP contribution in [0.15, 0.2) is 66.7 Å². The number of rotatable bonds is 2. The third-order valence-electron chi connectivity index (χ3n) is 4.14. The first-order valence-electron chi connectivity index (χ1n) is 8.92. The summed E-state index contributed by atoms with van der Waals surface area (Å²) in [7, 11) is 0. The van der Waals surface area contributed by atoms with Crippen LogP contribution in [0.3, 0.4) is 0 Å². The minimum atomic E-state index is 0.681. The normalized spacial score (nSPS) is 9.38. The molecule has 0 aromatic heterocycles. The first kappa shape index (κ1) is 19.2. The molecule has 0 saturated heterocycles. The summed E-state index contributed by atoms with van der Waals surface area (Å²) < 4.78 is 0. The van der Waals surface area contributed by atoms with Crippen molar-refractivity contribution in [3.8, 4) is 23.0 Å². The van der Waals surface area contributed by atoms with Crippen LogP contribution in [0, 0.1) is 25.7 Å². The maximum absolute atomic E-state index is 10.8. The van der Waals surface area contributed by atoms with Crippen molar-refractivity contribution >= 4 is 6.29 Å². The Kier molecular flexibility index (Phi) is 6.94. The average Bonchev–Trinajstić information content (AvgIpc) is 2.70. The second-order valence-electron chi connectivity index (χ2n) is 5.79.